The molecule has 0 bridgehead atoms. The monoisotopic (exact) mass is 414 g/mol. The third kappa shape index (κ3) is 4.80. The molecule has 0 atom stereocenters. The summed E-state index contributed by atoms with van der Waals surface area (Å²) in [6, 6.07) is 9.49. The fourth-order valence-electron chi connectivity index (χ4n) is 2.66. The van der Waals surface area contributed by atoms with Crippen LogP contribution in [0.4, 0.5) is 13.2 Å². The van der Waals surface area contributed by atoms with Crippen molar-refractivity contribution >= 4 is 15.7 Å². The number of aromatic nitrogens is 1. The molecule has 0 N–H and O–H groups in total. The van der Waals surface area contributed by atoms with Gasteiger partial charge in [-0.2, -0.15) is 13.2 Å². The van der Waals surface area contributed by atoms with Crippen LogP contribution in [-0.2, 0) is 20.8 Å². The summed E-state index contributed by atoms with van der Waals surface area (Å²) in [4.78, 5) is 17.4. The number of carbonyl (C=O) groups excluding carboxylic acids is 1. The molecule has 1 aliphatic rings. The lowest BCUT2D eigenvalue weighted by molar-refractivity contribution is -0.139. The zero-order valence-electron chi connectivity index (χ0n) is 14.6. The summed E-state index contributed by atoms with van der Waals surface area (Å²) < 4.78 is 67.8. The second-order valence-electron chi connectivity index (χ2n) is 6.30. The Morgan fingerprint density at radius 3 is 2.50 bits per heavy atom. The zero-order chi connectivity index (χ0) is 20.4. The van der Waals surface area contributed by atoms with E-state index in [0.29, 0.717) is 0 Å². The van der Waals surface area contributed by atoms with Gasteiger partial charge in [0, 0.05) is 18.7 Å². The average molecular weight is 414 g/mol. The van der Waals surface area contributed by atoms with E-state index in [1.54, 1.807) is 18.2 Å². The number of rotatable bonds is 6. The van der Waals surface area contributed by atoms with Gasteiger partial charge in [0.25, 0.3) is 0 Å². The van der Waals surface area contributed by atoms with Crippen molar-refractivity contribution in [2.45, 2.75) is 23.6 Å². The molecule has 0 aliphatic carbocycles. The molecule has 2 heterocycles. The van der Waals surface area contributed by atoms with Crippen molar-refractivity contribution in [1.29, 1.82) is 0 Å². The maximum absolute atomic E-state index is 12.7. The van der Waals surface area contributed by atoms with Gasteiger partial charge < -0.3 is 9.64 Å². The summed E-state index contributed by atoms with van der Waals surface area (Å²) >= 11 is 0. The first-order chi connectivity index (χ1) is 13.1. The Morgan fingerprint density at radius 2 is 1.86 bits per heavy atom. The van der Waals surface area contributed by atoms with Gasteiger partial charge in [-0.25, -0.2) is 13.4 Å². The van der Waals surface area contributed by atoms with Crippen LogP contribution in [0.15, 0.2) is 53.6 Å². The van der Waals surface area contributed by atoms with E-state index in [-0.39, 0.29) is 41.9 Å². The van der Waals surface area contributed by atoms with Crippen molar-refractivity contribution in [1.82, 2.24) is 9.88 Å². The summed E-state index contributed by atoms with van der Waals surface area (Å²) in [7, 11) is -3.55. The van der Waals surface area contributed by atoms with Gasteiger partial charge in [0.15, 0.2) is 9.84 Å². The predicted molar refractivity (Wildman–Crippen MR) is 93.3 cm³/mol. The molecule has 0 radical (unpaired) electrons. The number of amides is 1. The van der Waals surface area contributed by atoms with Gasteiger partial charge in [-0.15, -0.1) is 0 Å². The molecule has 0 saturated carbocycles. The SMILES string of the molecule is O=C(CCS(=O)(=O)c1ccccc1)N1CC(Oc2cc(C(F)(F)F)ccn2)C1. The molecule has 1 amide bonds. The molecular weight excluding hydrogens is 397 g/mol. The molecule has 3 rings (SSSR count). The summed E-state index contributed by atoms with van der Waals surface area (Å²) in [5, 5.41) is 0. The zero-order valence-corrected chi connectivity index (χ0v) is 15.4. The highest BCUT2D eigenvalue weighted by atomic mass is 32.2. The predicted octanol–water partition coefficient (Wildman–Crippen LogP) is 2.55. The van der Waals surface area contributed by atoms with Crippen LogP contribution in [0.1, 0.15) is 12.0 Å². The number of benzene rings is 1. The third-order valence-corrected chi connectivity index (χ3v) is 5.97. The highest BCUT2D eigenvalue weighted by Crippen LogP contribution is 2.31. The van der Waals surface area contributed by atoms with E-state index in [1.807, 2.05) is 0 Å². The summed E-state index contributed by atoms with van der Waals surface area (Å²) in [5.74, 6) is -0.831. The van der Waals surface area contributed by atoms with E-state index in [1.165, 1.54) is 17.0 Å². The molecule has 0 unspecified atom stereocenters. The molecule has 1 aromatic heterocycles. The maximum Gasteiger partial charge on any atom is 0.416 e. The number of hydrogen-bond donors (Lipinski definition) is 0. The van der Waals surface area contributed by atoms with Gasteiger partial charge in [-0.1, -0.05) is 18.2 Å². The number of pyridine rings is 1. The number of likely N-dealkylation sites (tertiary alicyclic amines) is 1. The lowest BCUT2D eigenvalue weighted by Gasteiger charge is -2.38. The number of sulfone groups is 1. The van der Waals surface area contributed by atoms with Crippen LogP contribution < -0.4 is 4.74 Å². The minimum absolute atomic E-state index is 0.156. The Bertz CT molecular complexity index is 943. The highest BCUT2D eigenvalue weighted by molar-refractivity contribution is 7.91. The van der Waals surface area contributed by atoms with Gasteiger partial charge in [0.2, 0.25) is 11.8 Å². The van der Waals surface area contributed by atoms with E-state index in [0.717, 1.165) is 18.3 Å². The van der Waals surface area contributed by atoms with Crippen LogP contribution in [0.2, 0.25) is 0 Å². The molecule has 2 aromatic rings. The molecule has 0 spiro atoms. The number of alkyl halides is 3. The molecular formula is C18H17F3N2O4S. The first kappa shape index (κ1) is 20.1. The van der Waals surface area contributed by atoms with E-state index in [9.17, 15) is 26.4 Å². The number of ether oxygens (including phenoxy) is 1. The van der Waals surface area contributed by atoms with Crippen LogP contribution in [0.25, 0.3) is 0 Å². The summed E-state index contributed by atoms with van der Waals surface area (Å²) in [6.45, 7) is 0.338. The van der Waals surface area contributed by atoms with Gasteiger partial charge in [0.05, 0.1) is 29.3 Å². The van der Waals surface area contributed by atoms with E-state index >= 15 is 0 Å². The molecule has 6 nitrogen and oxygen atoms in total. The lowest BCUT2D eigenvalue weighted by atomic mass is 10.1. The first-order valence-corrected chi connectivity index (χ1v) is 10.1. The Kier molecular flexibility index (Phi) is 5.59. The van der Waals surface area contributed by atoms with Crippen molar-refractivity contribution in [3.63, 3.8) is 0 Å². The largest absolute Gasteiger partial charge is 0.471 e. The van der Waals surface area contributed by atoms with E-state index in [4.69, 9.17) is 4.74 Å². The van der Waals surface area contributed by atoms with Crippen LogP contribution in [0.5, 0.6) is 5.88 Å². The topological polar surface area (TPSA) is 76.6 Å². The first-order valence-electron chi connectivity index (χ1n) is 8.40. The highest BCUT2D eigenvalue weighted by Gasteiger charge is 2.34. The quantitative estimate of drug-likeness (QED) is 0.726. The van der Waals surface area contributed by atoms with Crippen LogP contribution in [0, 0.1) is 0 Å². The standard InChI is InChI=1S/C18H17F3N2O4S/c19-18(20,21)13-6-8-22-16(10-13)27-14-11-23(12-14)17(24)7-9-28(25,26)15-4-2-1-3-5-15/h1-6,8,10,14H,7,9,11-12H2. The molecule has 1 aliphatic heterocycles. The average Bonchev–Trinajstić information content (AvgIpc) is 2.63. The normalized spacial score (nSPS) is 15.2. The summed E-state index contributed by atoms with van der Waals surface area (Å²) in [5.41, 5.74) is -0.865. The Labute approximate surface area is 159 Å². The second kappa shape index (κ2) is 7.78. The van der Waals surface area contributed by atoms with E-state index < -0.39 is 27.7 Å². The minimum atomic E-state index is -4.49. The van der Waals surface area contributed by atoms with Gasteiger partial charge in [0.1, 0.15) is 6.10 Å². The van der Waals surface area contributed by atoms with Crippen molar-refractivity contribution in [2.24, 2.45) is 0 Å². The molecule has 1 fully saturated rings. The Balaban J connectivity index is 1.48. The second-order valence-corrected chi connectivity index (χ2v) is 8.41. The Morgan fingerprint density at radius 1 is 1.18 bits per heavy atom. The van der Waals surface area contributed by atoms with Crippen molar-refractivity contribution < 1.29 is 31.1 Å². The van der Waals surface area contributed by atoms with Crippen molar-refractivity contribution in [2.75, 3.05) is 18.8 Å². The number of hydrogen-bond acceptors (Lipinski definition) is 5. The molecule has 150 valence electrons. The van der Waals surface area contributed by atoms with Crippen molar-refractivity contribution in [3.8, 4) is 5.88 Å². The lowest BCUT2D eigenvalue weighted by Crippen LogP contribution is -2.56. The van der Waals surface area contributed by atoms with Gasteiger partial charge in [-0.3, -0.25) is 4.79 Å². The molecule has 10 heteroatoms. The number of halogens is 3. The van der Waals surface area contributed by atoms with Crippen LogP contribution in [0.3, 0.4) is 0 Å². The molecule has 1 saturated heterocycles. The third-order valence-electron chi connectivity index (χ3n) is 4.24. The maximum atomic E-state index is 12.7. The smallest absolute Gasteiger partial charge is 0.416 e. The minimum Gasteiger partial charge on any atom is -0.471 e. The van der Waals surface area contributed by atoms with E-state index in [2.05, 4.69) is 4.98 Å². The Hall–Kier alpha value is -2.62. The van der Waals surface area contributed by atoms with Crippen LogP contribution >= 0.6 is 0 Å². The van der Waals surface area contributed by atoms with Gasteiger partial charge >= 0.3 is 6.18 Å². The molecule has 1 aromatic carbocycles. The van der Waals surface area contributed by atoms with Crippen molar-refractivity contribution in [3.05, 3.63) is 54.2 Å². The fraction of sp³-hybridized carbons (Fsp3) is 0.333. The fourth-order valence-corrected chi connectivity index (χ4v) is 3.91. The molecule has 28 heavy (non-hydrogen) atoms. The van der Waals surface area contributed by atoms with Crippen LogP contribution in [-0.4, -0.2) is 49.2 Å². The number of nitrogens with zero attached hydrogens (tertiary/aromatic N) is 2. The number of carbonyl (C=O) groups is 1. The van der Waals surface area contributed by atoms with Gasteiger partial charge in [-0.05, 0) is 18.2 Å². The summed E-state index contributed by atoms with van der Waals surface area (Å²) in [6.07, 6.45) is -4.14.